The van der Waals surface area contributed by atoms with Crippen LogP contribution in [0.15, 0.2) is 29.3 Å². The molecule has 0 spiro atoms. The first-order valence-electron chi connectivity index (χ1n) is 11.1. The molecule has 9 heteroatoms. The molecule has 3 atom stereocenters. The van der Waals surface area contributed by atoms with E-state index in [1.165, 1.54) is 0 Å². The van der Waals surface area contributed by atoms with Gasteiger partial charge in [0, 0.05) is 51.8 Å². The van der Waals surface area contributed by atoms with Crippen molar-refractivity contribution in [3.63, 3.8) is 0 Å². The Morgan fingerprint density at radius 3 is 2.38 bits per heavy atom. The summed E-state index contributed by atoms with van der Waals surface area (Å²) in [6.45, 7) is 7.55. The second kappa shape index (κ2) is 12.4. The maximum absolute atomic E-state index is 12.8. The summed E-state index contributed by atoms with van der Waals surface area (Å²) in [4.78, 5) is 32.5. The minimum Gasteiger partial charge on any atom is -0.372 e. The molecule has 2 aliphatic rings. The molecule has 0 aromatic heterocycles. The van der Waals surface area contributed by atoms with Crippen molar-refractivity contribution >= 4 is 41.8 Å². The highest BCUT2D eigenvalue weighted by Gasteiger charge is 2.27. The third kappa shape index (κ3) is 7.33. The Hall–Kier alpha value is -1.88. The van der Waals surface area contributed by atoms with Crippen LogP contribution in [0.3, 0.4) is 0 Å². The van der Waals surface area contributed by atoms with E-state index in [0.717, 1.165) is 37.5 Å². The molecule has 0 saturated carbocycles. The lowest BCUT2D eigenvalue weighted by molar-refractivity contribution is -0.119. The summed E-state index contributed by atoms with van der Waals surface area (Å²) in [7, 11) is 1.77. The number of guanidine groups is 1. The predicted octanol–water partition coefficient (Wildman–Crippen LogP) is 2.22. The number of carbonyl (C=O) groups excluding carboxylic acids is 2. The van der Waals surface area contributed by atoms with Crippen LogP contribution in [0.1, 0.15) is 49.0 Å². The smallest absolute Gasteiger partial charge is 0.254 e. The number of nitrogens with one attached hydrogen (secondary N) is 1. The molecular formula is C23H36IN5O3. The van der Waals surface area contributed by atoms with Crippen LogP contribution in [0.2, 0.25) is 0 Å². The second-order valence-electron chi connectivity index (χ2n) is 8.69. The molecule has 2 amide bonds. The largest absolute Gasteiger partial charge is 0.372 e. The molecular weight excluding hydrogens is 521 g/mol. The summed E-state index contributed by atoms with van der Waals surface area (Å²) in [6, 6.07) is 7.73. The average Bonchev–Trinajstić information content (AvgIpc) is 2.73. The molecule has 178 valence electrons. The average molecular weight is 557 g/mol. The number of benzene rings is 1. The van der Waals surface area contributed by atoms with Gasteiger partial charge in [0.05, 0.1) is 12.2 Å². The first kappa shape index (κ1) is 26.4. The van der Waals surface area contributed by atoms with Crippen LogP contribution in [-0.2, 0) is 16.1 Å². The number of primary amides is 1. The highest BCUT2D eigenvalue weighted by molar-refractivity contribution is 14.0. The molecule has 3 rings (SSSR count). The van der Waals surface area contributed by atoms with E-state index in [1.54, 1.807) is 7.05 Å². The molecule has 1 aromatic carbocycles. The fraction of sp³-hybridized carbons (Fsp3) is 0.609. The van der Waals surface area contributed by atoms with Gasteiger partial charge in [0.1, 0.15) is 0 Å². The fourth-order valence-corrected chi connectivity index (χ4v) is 4.51. The highest BCUT2D eigenvalue weighted by Crippen LogP contribution is 2.20. The van der Waals surface area contributed by atoms with E-state index < -0.39 is 0 Å². The number of hydrogen-bond acceptors (Lipinski definition) is 4. The van der Waals surface area contributed by atoms with E-state index >= 15 is 0 Å². The molecule has 8 nitrogen and oxygen atoms in total. The first-order valence-corrected chi connectivity index (χ1v) is 11.1. The standard InChI is InChI=1S/C23H35N5O3.HI/c1-16-13-28(14-17(2)31-16)22(30)20-8-6-18(7-9-20)12-26-23(25-3)27-10-4-5-19(15-27)11-21(24)29;/h6-9,16-17,19H,4-5,10-15H2,1-3H3,(H2,24,29)(H,25,26);1H. The summed E-state index contributed by atoms with van der Waals surface area (Å²) in [5.41, 5.74) is 7.14. The van der Waals surface area contributed by atoms with Gasteiger partial charge in [0.2, 0.25) is 5.91 Å². The van der Waals surface area contributed by atoms with Crippen LogP contribution in [-0.4, -0.2) is 73.0 Å². The van der Waals surface area contributed by atoms with Crippen molar-refractivity contribution in [1.29, 1.82) is 0 Å². The van der Waals surface area contributed by atoms with Crippen LogP contribution in [0.4, 0.5) is 0 Å². The third-order valence-electron chi connectivity index (χ3n) is 5.88. The molecule has 3 unspecified atom stereocenters. The summed E-state index contributed by atoms with van der Waals surface area (Å²) < 4.78 is 5.72. The van der Waals surface area contributed by atoms with Gasteiger partial charge in [-0.1, -0.05) is 12.1 Å². The Bertz CT molecular complexity index is 791. The third-order valence-corrected chi connectivity index (χ3v) is 5.88. The molecule has 2 fully saturated rings. The number of ether oxygens (including phenoxy) is 1. The van der Waals surface area contributed by atoms with Crippen LogP contribution in [0, 0.1) is 5.92 Å². The van der Waals surface area contributed by atoms with Crippen molar-refractivity contribution in [2.24, 2.45) is 16.6 Å². The Morgan fingerprint density at radius 2 is 1.78 bits per heavy atom. The fourth-order valence-electron chi connectivity index (χ4n) is 4.51. The topological polar surface area (TPSA) is 100 Å². The molecule has 0 aliphatic carbocycles. The lowest BCUT2D eigenvalue weighted by atomic mass is 9.95. The number of aliphatic imine (C=N–C) groups is 1. The maximum atomic E-state index is 12.8. The lowest BCUT2D eigenvalue weighted by Gasteiger charge is -2.35. The number of piperidine rings is 1. The highest BCUT2D eigenvalue weighted by atomic mass is 127. The molecule has 3 N–H and O–H groups in total. The van der Waals surface area contributed by atoms with Gasteiger partial charge >= 0.3 is 0 Å². The Balaban J connectivity index is 0.00000363. The molecule has 2 aliphatic heterocycles. The number of halogens is 1. The minimum absolute atomic E-state index is 0. The molecule has 1 aromatic rings. The van der Waals surface area contributed by atoms with E-state index in [2.05, 4.69) is 15.2 Å². The second-order valence-corrected chi connectivity index (χ2v) is 8.69. The monoisotopic (exact) mass is 557 g/mol. The Labute approximate surface area is 208 Å². The normalized spacial score (nSPS) is 24.0. The number of hydrogen-bond donors (Lipinski definition) is 2. The van der Waals surface area contributed by atoms with Crippen molar-refractivity contribution in [2.75, 3.05) is 33.2 Å². The van der Waals surface area contributed by atoms with Crippen LogP contribution < -0.4 is 11.1 Å². The van der Waals surface area contributed by atoms with Gasteiger partial charge in [-0.3, -0.25) is 14.6 Å². The van der Waals surface area contributed by atoms with Crippen molar-refractivity contribution in [1.82, 2.24) is 15.1 Å². The van der Waals surface area contributed by atoms with Gasteiger partial charge in [-0.2, -0.15) is 0 Å². The zero-order valence-electron chi connectivity index (χ0n) is 19.3. The Kier molecular flexibility index (Phi) is 10.2. The quantitative estimate of drug-likeness (QED) is 0.329. The lowest BCUT2D eigenvalue weighted by Crippen LogP contribution is -2.48. The molecule has 32 heavy (non-hydrogen) atoms. The van der Waals surface area contributed by atoms with Gasteiger partial charge in [0.15, 0.2) is 5.96 Å². The molecule has 0 bridgehead atoms. The maximum Gasteiger partial charge on any atom is 0.254 e. The number of amides is 2. The Morgan fingerprint density at radius 1 is 1.12 bits per heavy atom. The van der Waals surface area contributed by atoms with E-state index in [1.807, 2.05) is 43.0 Å². The van der Waals surface area contributed by atoms with Crippen molar-refractivity contribution in [3.8, 4) is 0 Å². The number of nitrogens with zero attached hydrogens (tertiary/aromatic N) is 3. The van der Waals surface area contributed by atoms with Gasteiger partial charge in [-0.25, -0.2) is 0 Å². The summed E-state index contributed by atoms with van der Waals surface area (Å²) in [6.07, 6.45) is 2.57. The molecule has 2 heterocycles. The predicted molar refractivity (Wildman–Crippen MR) is 136 cm³/mol. The van der Waals surface area contributed by atoms with Gasteiger partial charge < -0.3 is 25.6 Å². The number of likely N-dealkylation sites (tertiary alicyclic amines) is 1. The van der Waals surface area contributed by atoms with Gasteiger partial charge in [0.25, 0.3) is 5.91 Å². The summed E-state index contributed by atoms with van der Waals surface area (Å²) >= 11 is 0. The van der Waals surface area contributed by atoms with E-state index in [-0.39, 0.29) is 53.9 Å². The zero-order chi connectivity index (χ0) is 22.4. The van der Waals surface area contributed by atoms with Crippen molar-refractivity contribution in [2.45, 2.75) is 51.9 Å². The first-order chi connectivity index (χ1) is 14.9. The SMILES string of the molecule is CN=C(NCc1ccc(C(=O)N2CC(C)OC(C)C2)cc1)N1CCCC(CC(N)=O)C1.I. The van der Waals surface area contributed by atoms with E-state index in [9.17, 15) is 9.59 Å². The van der Waals surface area contributed by atoms with E-state index in [0.29, 0.717) is 31.6 Å². The van der Waals surface area contributed by atoms with Crippen molar-refractivity contribution in [3.05, 3.63) is 35.4 Å². The van der Waals surface area contributed by atoms with Crippen LogP contribution in [0.5, 0.6) is 0 Å². The van der Waals surface area contributed by atoms with Crippen LogP contribution >= 0.6 is 24.0 Å². The number of nitrogens with two attached hydrogens (primary N) is 1. The van der Waals surface area contributed by atoms with Crippen LogP contribution in [0.25, 0.3) is 0 Å². The molecule has 2 saturated heterocycles. The van der Waals surface area contributed by atoms with Crippen molar-refractivity contribution < 1.29 is 14.3 Å². The number of rotatable bonds is 5. The summed E-state index contributed by atoms with van der Waals surface area (Å²) in [5, 5.41) is 3.40. The summed E-state index contributed by atoms with van der Waals surface area (Å²) in [5.74, 6) is 0.905. The number of carbonyl (C=O) groups is 2. The van der Waals surface area contributed by atoms with Gasteiger partial charge in [-0.05, 0) is 50.3 Å². The zero-order valence-corrected chi connectivity index (χ0v) is 21.6. The van der Waals surface area contributed by atoms with E-state index in [4.69, 9.17) is 10.5 Å². The van der Waals surface area contributed by atoms with Gasteiger partial charge in [-0.15, -0.1) is 24.0 Å². The molecule has 0 radical (unpaired) electrons. The number of morpholine rings is 1. The minimum atomic E-state index is -0.245.